The maximum absolute atomic E-state index is 12.3. The predicted molar refractivity (Wildman–Crippen MR) is 103 cm³/mol. The topological polar surface area (TPSA) is 90.6 Å². The highest BCUT2D eigenvalue weighted by Crippen LogP contribution is 2.12. The van der Waals surface area contributed by atoms with Gasteiger partial charge in [-0.25, -0.2) is 9.78 Å². The molecule has 1 saturated heterocycles. The van der Waals surface area contributed by atoms with Crippen LogP contribution >= 0.6 is 0 Å². The van der Waals surface area contributed by atoms with Crippen LogP contribution in [0.15, 0.2) is 24.5 Å². The Kier molecular flexibility index (Phi) is 5.65. The first kappa shape index (κ1) is 19.2. The van der Waals surface area contributed by atoms with Crippen molar-refractivity contribution in [2.24, 2.45) is 0 Å². The number of aromatic amines is 1. The summed E-state index contributed by atoms with van der Waals surface area (Å²) in [4.78, 5) is 35.5. The molecule has 2 heterocycles. The Hall–Kier alpha value is -2.61. The summed E-state index contributed by atoms with van der Waals surface area (Å²) in [5.74, 6) is -0.0982. The smallest absolute Gasteiger partial charge is 0.410 e. The highest BCUT2D eigenvalue weighted by molar-refractivity contribution is 5.97. The Morgan fingerprint density at radius 3 is 2.67 bits per heavy atom. The van der Waals surface area contributed by atoms with Crippen molar-refractivity contribution in [3.63, 3.8) is 0 Å². The maximum Gasteiger partial charge on any atom is 0.410 e. The molecule has 0 unspecified atom stereocenters. The lowest BCUT2D eigenvalue weighted by atomic mass is 10.2. The summed E-state index contributed by atoms with van der Waals surface area (Å²) in [5.41, 5.74) is 1.83. The highest BCUT2D eigenvalue weighted by Gasteiger charge is 2.25. The van der Waals surface area contributed by atoms with Gasteiger partial charge < -0.3 is 19.9 Å². The van der Waals surface area contributed by atoms with Crippen molar-refractivity contribution < 1.29 is 14.3 Å². The zero-order valence-corrected chi connectivity index (χ0v) is 16.1. The molecule has 1 aliphatic heterocycles. The molecule has 2 N–H and O–H groups in total. The third kappa shape index (κ3) is 5.19. The van der Waals surface area contributed by atoms with Crippen molar-refractivity contribution >= 4 is 23.0 Å². The van der Waals surface area contributed by atoms with E-state index in [1.807, 2.05) is 26.8 Å². The number of fused-ring (bicyclic) bond motifs is 1. The molecule has 1 fully saturated rings. The first-order valence-corrected chi connectivity index (χ1v) is 9.23. The van der Waals surface area contributed by atoms with Crippen LogP contribution in [-0.4, -0.2) is 76.6 Å². The molecule has 2 aromatic rings. The minimum Gasteiger partial charge on any atom is -0.444 e. The van der Waals surface area contributed by atoms with Crippen LogP contribution in [-0.2, 0) is 4.74 Å². The number of aromatic nitrogens is 2. The number of nitrogens with zero attached hydrogens (tertiary/aromatic N) is 3. The number of nitrogens with one attached hydrogen (secondary N) is 2. The summed E-state index contributed by atoms with van der Waals surface area (Å²) in [6.07, 6.45) is 1.35. The lowest BCUT2D eigenvalue weighted by Gasteiger charge is -2.35. The number of carbonyl (C=O) groups is 2. The average molecular weight is 373 g/mol. The fraction of sp³-hybridized carbons (Fsp3) is 0.526. The summed E-state index contributed by atoms with van der Waals surface area (Å²) in [7, 11) is 0. The highest BCUT2D eigenvalue weighted by atomic mass is 16.6. The van der Waals surface area contributed by atoms with Gasteiger partial charge in [0.25, 0.3) is 5.91 Å². The summed E-state index contributed by atoms with van der Waals surface area (Å²) < 4.78 is 5.40. The standard InChI is InChI=1S/C19H27N5O3/c1-19(2,3)27-18(26)24-10-8-23(9-11-24)7-6-20-17(25)14-4-5-15-16(12-14)22-13-21-15/h4-5,12-13H,6-11H2,1-3H3,(H,20,25)(H,21,22). The van der Waals surface area contributed by atoms with E-state index >= 15 is 0 Å². The van der Waals surface area contributed by atoms with Gasteiger partial charge in [-0.1, -0.05) is 0 Å². The van der Waals surface area contributed by atoms with E-state index in [4.69, 9.17) is 4.74 Å². The molecule has 0 saturated carbocycles. The molecule has 0 atom stereocenters. The molecule has 1 aliphatic rings. The lowest BCUT2D eigenvalue weighted by Crippen LogP contribution is -2.51. The second-order valence-corrected chi connectivity index (χ2v) is 7.70. The van der Waals surface area contributed by atoms with Gasteiger partial charge in [0.15, 0.2) is 0 Å². The molecule has 8 nitrogen and oxygen atoms in total. The molecular formula is C19H27N5O3. The van der Waals surface area contributed by atoms with Crippen LogP contribution in [0.25, 0.3) is 11.0 Å². The Morgan fingerprint density at radius 2 is 1.96 bits per heavy atom. The average Bonchev–Trinajstić information content (AvgIpc) is 3.08. The van der Waals surface area contributed by atoms with Crippen molar-refractivity contribution in [2.45, 2.75) is 26.4 Å². The number of ether oxygens (including phenoxy) is 1. The largest absolute Gasteiger partial charge is 0.444 e. The number of H-pyrrole nitrogens is 1. The van der Waals surface area contributed by atoms with Crippen molar-refractivity contribution in [2.75, 3.05) is 39.3 Å². The maximum atomic E-state index is 12.3. The van der Waals surface area contributed by atoms with Crippen LogP contribution < -0.4 is 5.32 Å². The van der Waals surface area contributed by atoms with Crippen molar-refractivity contribution in [1.82, 2.24) is 25.1 Å². The summed E-state index contributed by atoms with van der Waals surface area (Å²) in [6.45, 7) is 9.74. The van der Waals surface area contributed by atoms with E-state index in [1.165, 1.54) is 0 Å². The predicted octanol–water partition coefficient (Wildman–Crippen LogP) is 1.85. The molecule has 1 aromatic carbocycles. The van der Waals surface area contributed by atoms with Gasteiger partial charge in [-0.15, -0.1) is 0 Å². The molecule has 146 valence electrons. The first-order chi connectivity index (χ1) is 12.8. The third-order valence-corrected chi connectivity index (χ3v) is 4.42. The Morgan fingerprint density at radius 1 is 1.22 bits per heavy atom. The van der Waals surface area contributed by atoms with Crippen LogP contribution in [0, 0.1) is 0 Å². The van der Waals surface area contributed by atoms with E-state index in [0.717, 1.165) is 30.7 Å². The second-order valence-electron chi connectivity index (χ2n) is 7.70. The quantitative estimate of drug-likeness (QED) is 0.853. The monoisotopic (exact) mass is 373 g/mol. The molecule has 3 rings (SSSR count). The molecule has 0 spiro atoms. The number of hydrogen-bond donors (Lipinski definition) is 2. The van der Waals surface area contributed by atoms with E-state index in [2.05, 4.69) is 20.2 Å². The minimum atomic E-state index is -0.475. The van der Waals surface area contributed by atoms with Gasteiger partial charge in [0.05, 0.1) is 17.4 Å². The zero-order chi connectivity index (χ0) is 19.4. The summed E-state index contributed by atoms with van der Waals surface area (Å²) in [6, 6.07) is 5.41. The van der Waals surface area contributed by atoms with Gasteiger partial charge >= 0.3 is 6.09 Å². The number of hydrogen-bond acceptors (Lipinski definition) is 5. The molecule has 1 aromatic heterocycles. The molecule has 8 heteroatoms. The molecular weight excluding hydrogens is 346 g/mol. The van der Waals surface area contributed by atoms with E-state index in [1.54, 1.807) is 23.4 Å². The fourth-order valence-electron chi connectivity index (χ4n) is 2.99. The van der Waals surface area contributed by atoms with Gasteiger partial charge in [-0.2, -0.15) is 0 Å². The fourth-order valence-corrected chi connectivity index (χ4v) is 2.99. The number of benzene rings is 1. The zero-order valence-electron chi connectivity index (χ0n) is 16.1. The van der Waals surface area contributed by atoms with Crippen LogP contribution in [0.2, 0.25) is 0 Å². The van der Waals surface area contributed by atoms with Crippen LogP contribution in [0.3, 0.4) is 0 Å². The lowest BCUT2D eigenvalue weighted by molar-refractivity contribution is 0.0147. The van der Waals surface area contributed by atoms with E-state index in [9.17, 15) is 9.59 Å². The molecule has 0 aliphatic carbocycles. The molecule has 0 radical (unpaired) electrons. The van der Waals surface area contributed by atoms with Crippen LogP contribution in [0.5, 0.6) is 0 Å². The summed E-state index contributed by atoms with van der Waals surface area (Å²) in [5, 5.41) is 2.95. The van der Waals surface area contributed by atoms with Gasteiger partial charge in [-0.05, 0) is 39.0 Å². The van der Waals surface area contributed by atoms with Gasteiger partial charge in [0.2, 0.25) is 0 Å². The van der Waals surface area contributed by atoms with Crippen LogP contribution in [0.1, 0.15) is 31.1 Å². The Balaban J connectivity index is 1.40. The number of rotatable bonds is 4. The number of amides is 2. The second kappa shape index (κ2) is 7.96. The van der Waals surface area contributed by atoms with Gasteiger partial charge in [0, 0.05) is 44.8 Å². The SMILES string of the molecule is CC(C)(C)OC(=O)N1CCN(CCNC(=O)c2ccc3nc[nH]c3c2)CC1. The molecule has 2 amide bonds. The van der Waals surface area contributed by atoms with Crippen molar-refractivity contribution in [1.29, 1.82) is 0 Å². The number of piperazine rings is 1. The first-order valence-electron chi connectivity index (χ1n) is 9.23. The molecule has 0 bridgehead atoms. The van der Waals surface area contributed by atoms with E-state index < -0.39 is 5.60 Å². The van der Waals surface area contributed by atoms with Crippen LogP contribution in [0.4, 0.5) is 4.79 Å². The minimum absolute atomic E-state index is 0.0982. The summed E-state index contributed by atoms with van der Waals surface area (Å²) >= 11 is 0. The number of carbonyl (C=O) groups excluding carboxylic acids is 2. The van der Waals surface area contributed by atoms with Crippen molar-refractivity contribution in [3.8, 4) is 0 Å². The number of imidazole rings is 1. The van der Waals surface area contributed by atoms with Gasteiger partial charge in [-0.3, -0.25) is 9.69 Å². The molecule has 27 heavy (non-hydrogen) atoms. The Bertz CT molecular complexity index is 803. The van der Waals surface area contributed by atoms with E-state index in [-0.39, 0.29) is 12.0 Å². The Labute approximate surface area is 158 Å². The third-order valence-electron chi connectivity index (χ3n) is 4.42. The van der Waals surface area contributed by atoms with E-state index in [0.29, 0.717) is 25.2 Å². The van der Waals surface area contributed by atoms with Gasteiger partial charge in [0.1, 0.15) is 5.60 Å². The van der Waals surface area contributed by atoms with Crippen molar-refractivity contribution in [3.05, 3.63) is 30.1 Å². The normalized spacial score (nSPS) is 15.7.